The van der Waals surface area contributed by atoms with Crippen LogP contribution in [0.15, 0.2) is 36.5 Å². The lowest BCUT2D eigenvalue weighted by atomic mass is 10.1. The average molecular weight is 282 g/mol. The Bertz CT molecular complexity index is 751. The molecule has 4 nitrogen and oxygen atoms in total. The maximum absolute atomic E-state index is 5.76. The van der Waals surface area contributed by atoms with Gasteiger partial charge in [-0.05, 0) is 42.5 Å². The maximum atomic E-state index is 5.76. The molecular formula is C17H22N4. The van der Waals surface area contributed by atoms with E-state index in [4.69, 9.17) is 5.73 Å². The molecule has 0 fully saturated rings. The van der Waals surface area contributed by atoms with Crippen LogP contribution in [0.1, 0.15) is 30.8 Å². The molecular weight excluding hydrogens is 260 g/mol. The van der Waals surface area contributed by atoms with Crippen molar-refractivity contribution in [3.8, 4) is 0 Å². The van der Waals surface area contributed by atoms with E-state index >= 15 is 0 Å². The quantitative estimate of drug-likeness (QED) is 0.782. The highest BCUT2D eigenvalue weighted by Gasteiger charge is 2.08. The Morgan fingerprint density at radius 3 is 2.71 bits per heavy atom. The Morgan fingerprint density at radius 2 is 2.00 bits per heavy atom. The largest absolute Gasteiger partial charge is 0.341 e. The van der Waals surface area contributed by atoms with Gasteiger partial charge in [-0.1, -0.05) is 19.1 Å². The number of benzene rings is 1. The van der Waals surface area contributed by atoms with Gasteiger partial charge in [-0.2, -0.15) is 5.10 Å². The summed E-state index contributed by atoms with van der Waals surface area (Å²) in [5, 5.41) is 5.88. The van der Waals surface area contributed by atoms with Crippen LogP contribution >= 0.6 is 0 Å². The summed E-state index contributed by atoms with van der Waals surface area (Å²) in [6.45, 7) is 6.61. The average Bonchev–Trinajstić information content (AvgIpc) is 3.11. The molecule has 0 bridgehead atoms. The van der Waals surface area contributed by atoms with Crippen LogP contribution in [0, 0.1) is 0 Å². The summed E-state index contributed by atoms with van der Waals surface area (Å²) >= 11 is 0. The van der Waals surface area contributed by atoms with E-state index in [1.54, 1.807) is 0 Å². The normalized spacial score (nSPS) is 11.4. The predicted molar refractivity (Wildman–Crippen MR) is 86.2 cm³/mol. The summed E-state index contributed by atoms with van der Waals surface area (Å²) in [6.07, 6.45) is 3.12. The van der Waals surface area contributed by atoms with E-state index in [0.717, 1.165) is 25.2 Å². The molecule has 2 N–H and O–H groups in total. The molecule has 110 valence electrons. The molecule has 0 atom stereocenters. The van der Waals surface area contributed by atoms with Gasteiger partial charge in [0.15, 0.2) is 0 Å². The number of hydrogen-bond donors (Lipinski definition) is 1. The number of rotatable bonds is 5. The van der Waals surface area contributed by atoms with Gasteiger partial charge < -0.3 is 10.3 Å². The van der Waals surface area contributed by atoms with Crippen LogP contribution < -0.4 is 5.73 Å². The molecule has 3 aromatic rings. The number of nitrogens with two attached hydrogens (primary N) is 1. The van der Waals surface area contributed by atoms with Gasteiger partial charge >= 0.3 is 0 Å². The zero-order valence-corrected chi connectivity index (χ0v) is 12.7. The molecule has 0 radical (unpaired) electrons. The Hall–Kier alpha value is -2.07. The Kier molecular flexibility index (Phi) is 3.80. The molecule has 0 aliphatic heterocycles. The van der Waals surface area contributed by atoms with Gasteiger partial charge in [0.1, 0.15) is 0 Å². The SMILES string of the molecule is CCc1cc(Cn2ccc3ccc(CN)cc32)n(CC)n1. The van der Waals surface area contributed by atoms with Crippen molar-refractivity contribution in [3.63, 3.8) is 0 Å². The maximum Gasteiger partial charge on any atom is 0.0645 e. The second-order valence-corrected chi connectivity index (χ2v) is 5.34. The number of aryl methyl sites for hydroxylation is 2. The van der Waals surface area contributed by atoms with Crippen molar-refractivity contribution in [2.24, 2.45) is 5.73 Å². The van der Waals surface area contributed by atoms with Gasteiger partial charge in [0, 0.05) is 24.8 Å². The lowest BCUT2D eigenvalue weighted by Gasteiger charge is -2.08. The third kappa shape index (κ3) is 2.59. The van der Waals surface area contributed by atoms with Crippen molar-refractivity contribution in [3.05, 3.63) is 53.5 Å². The summed E-state index contributed by atoms with van der Waals surface area (Å²) in [4.78, 5) is 0. The molecule has 0 saturated heterocycles. The summed E-state index contributed by atoms with van der Waals surface area (Å²) in [5.41, 5.74) is 10.6. The monoisotopic (exact) mass is 282 g/mol. The fourth-order valence-electron chi connectivity index (χ4n) is 2.76. The van der Waals surface area contributed by atoms with Crippen LogP contribution in [0.3, 0.4) is 0 Å². The molecule has 2 aromatic heterocycles. The van der Waals surface area contributed by atoms with E-state index in [1.807, 2.05) is 0 Å². The van der Waals surface area contributed by atoms with Crippen LogP contribution in [-0.2, 0) is 26.1 Å². The smallest absolute Gasteiger partial charge is 0.0645 e. The van der Waals surface area contributed by atoms with Crippen LogP contribution in [0.5, 0.6) is 0 Å². The van der Waals surface area contributed by atoms with Crippen LogP contribution in [0.25, 0.3) is 10.9 Å². The first-order valence-electron chi connectivity index (χ1n) is 7.58. The molecule has 0 aliphatic rings. The van der Waals surface area contributed by atoms with Crippen LogP contribution in [-0.4, -0.2) is 14.3 Å². The van der Waals surface area contributed by atoms with Gasteiger partial charge in [0.05, 0.1) is 17.9 Å². The van der Waals surface area contributed by atoms with Crippen LogP contribution in [0.2, 0.25) is 0 Å². The minimum atomic E-state index is 0.577. The Balaban J connectivity index is 1.99. The predicted octanol–water partition coefficient (Wildman–Crippen LogP) is 2.93. The molecule has 0 aliphatic carbocycles. The first kappa shape index (κ1) is 13.9. The fraction of sp³-hybridized carbons (Fsp3) is 0.353. The van der Waals surface area contributed by atoms with E-state index in [-0.39, 0.29) is 0 Å². The van der Waals surface area contributed by atoms with Crippen molar-refractivity contribution >= 4 is 10.9 Å². The van der Waals surface area contributed by atoms with Crippen molar-refractivity contribution < 1.29 is 0 Å². The molecule has 0 unspecified atom stereocenters. The molecule has 0 amide bonds. The highest BCUT2D eigenvalue weighted by Crippen LogP contribution is 2.19. The third-order valence-corrected chi connectivity index (χ3v) is 3.98. The van der Waals surface area contributed by atoms with Gasteiger partial charge in [0.2, 0.25) is 0 Å². The van der Waals surface area contributed by atoms with Gasteiger partial charge in [0.25, 0.3) is 0 Å². The summed E-state index contributed by atoms with van der Waals surface area (Å²) < 4.78 is 4.37. The second kappa shape index (κ2) is 5.74. The van der Waals surface area contributed by atoms with Crippen molar-refractivity contribution in [1.82, 2.24) is 14.3 Å². The highest BCUT2D eigenvalue weighted by molar-refractivity contribution is 5.80. The van der Waals surface area contributed by atoms with E-state index in [1.165, 1.54) is 22.2 Å². The minimum Gasteiger partial charge on any atom is -0.341 e. The lowest BCUT2D eigenvalue weighted by molar-refractivity contribution is 0.599. The first-order valence-corrected chi connectivity index (χ1v) is 7.58. The van der Waals surface area contributed by atoms with Gasteiger partial charge in [-0.15, -0.1) is 0 Å². The molecule has 4 heteroatoms. The third-order valence-electron chi connectivity index (χ3n) is 3.98. The zero-order valence-electron chi connectivity index (χ0n) is 12.7. The molecule has 3 rings (SSSR count). The summed E-state index contributed by atoms with van der Waals surface area (Å²) in [7, 11) is 0. The topological polar surface area (TPSA) is 48.8 Å². The molecule has 21 heavy (non-hydrogen) atoms. The molecule has 2 heterocycles. The fourth-order valence-corrected chi connectivity index (χ4v) is 2.76. The van der Waals surface area contributed by atoms with Gasteiger partial charge in [-0.3, -0.25) is 4.68 Å². The lowest BCUT2D eigenvalue weighted by Crippen LogP contribution is -2.07. The zero-order chi connectivity index (χ0) is 14.8. The Morgan fingerprint density at radius 1 is 1.14 bits per heavy atom. The number of fused-ring (bicyclic) bond motifs is 1. The highest BCUT2D eigenvalue weighted by atomic mass is 15.3. The number of hydrogen-bond acceptors (Lipinski definition) is 2. The molecule has 0 spiro atoms. The number of nitrogens with zero attached hydrogens (tertiary/aromatic N) is 3. The van der Waals surface area contributed by atoms with E-state index < -0.39 is 0 Å². The minimum absolute atomic E-state index is 0.577. The number of aromatic nitrogens is 3. The van der Waals surface area contributed by atoms with E-state index in [2.05, 4.69) is 64.7 Å². The summed E-state index contributed by atoms with van der Waals surface area (Å²) in [6, 6.07) is 10.8. The van der Waals surface area contributed by atoms with Crippen LogP contribution in [0.4, 0.5) is 0 Å². The van der Waals surface area contributed by atoms with Crippen molar-refractivity contribution in [2.45, 2.75) is 39.9 Å². The van der Waals surface area contributed by atoms with E-state index in [0.29, 0.717) is 6.54 Å². The molecule has 0 saturated carbocycles. The summed E-state index contributed by atoms with van der Waals surface area (Å²) in [5.74, 6) is 0. The second-order valence-electron chi connectivity index (χ2n) is 5.34. The molecule has 1 aromatic carbocycles. The van der Waals surface area contributed by atoms with E-state index in [9.17, 15) is 0 Å². The van der Waals surface area contributed by atoms with Gasteiger partial charge in [-0.25, -0.2) is 0 Å². The first-order chi connectivity index (χ1) is 10.2. The van der Waals surface area contributed by atoms with Crippen molar-refractivity contribution in [1.29, 1.82) is 0 Å². The Labute approximate surface area is 125 Å². The van der Waals surface area contributed by atoms with Crippen molar-refractivity contribution in [2.75, 3.05) is 0 Å². The standard InChI is InChI=1S/C17H22N4/c1-3-15-10-16(21(4-2)19-15)12-20-8-7-14-6-5-13(11-18)9-17(14)20/h5-10H,3-4,11-12,18H2,1-2H3.